The summed E-state index contributed by atoms with van der Waals surface area (Å²) in [6, 6.07) is 0. The second-order valence-corrected chi connectivity index (χ2v) is 3.98. The van der Waals surface area contributed by atoms with E-state index < -0.39 is 8.69 Å². The van der Waals surface area contributed by atoms with Gasteiger partial charge >= 0.3 is 0 Å². The Morgan fingerprint density at radius 1 is 1.29 bits per heavy atom. The lowest BCUT2D eigenvalue weighted by Gasteiger charge is -2.22. The van der Waals surface area contributed by atoms with E-state index in [1.54, 1.807) is 0 Å². The normalized spacial score (nSPS) is 10.5. The van der Waals surface area contributed by atoms with Crippen molar-refractivity contribution in [1.82, 2.24) is 0 Å². The van der Waals surface area contributed by atoms with Crippen LogP contribution in [0.5, 0.6) is 0 Å². The van der Waals surface area contributed by atoms with Gasteiger partial charge in [0.25, 0.3) is 0 Å². The number of nitrogens with zero attached hydrogens (tertiary/aromatic N) is 1. The summed E-state index contributed by atoms with van der Waals surface area (Å²) in [6.45, 7) is 8.03. The average Bonchev–Trinajstić information content (AvgIpc) is 2.05. The molecule has 0 aliphatic carbocycles. The quantitative estimate of drug-likeness (QED) is 0.297. The first-order valence-electron chi connectivity index (χ1n) is 4.21. The molecule has 0 saturated heterocycles. The van der Waals surface area contributed by atoms with E-state index in [-0.39, 0.29) is 0 Å². The largest absolute Gasteiger partial charge is 0.474 e. The third-order valence-electron chi connectivity index (χ3n) is 1.14. The lowest BCUT2D eigenvalue weighted by Crippen LogP contribution is -2.37. The van der Waals surface area contributed by atoms with E-state index in [0.29, 0.717) is 6.61 Å². The van der Waals surface area contributed by atoms with Crippen LogP contribution in [0, 0.1) is 0 Å². The van der Waals surface area contributed by atoms with Crippen molar-refractivity contribution in [3.63, 3.8) is 0 Å². The van der Waals surface area contributed by atoms with Crippen LogP contribution in [0.25, 0.3) is 0 Å². The Bertz CT molecular complexity index is 160. The highest BCUT2D eigenvalue weighted by molar-refractivity contribution is 7.17. The molecule has 4 nitrogen and oxygen atoms in total. The highest BCUT2D eigenvalue weighted by Gasteiger charge is 2.04. The molecule has 0 aliphatic rings. The molecule has 0 radical (unpaired) electrons. The second kappa shape index (κ2) is 10.5. The van der Waals surface area contributed by atoms with Crippen molar-refractivity contribution >= 4 is 8.69 Å². The van der Waals surface area contributed by atoms with Crippen molar-refractivity contribution in [2.75, 3.05) is 34.3 Å². The molecule has 0 saturated carbocycles. The van der Waals surface area contributed by atoms with Gasteiger partial charge < -0.3 is 13.7 Å². The summed E-state index contributed by atoms with van der Waals surface area (Å²) in [7, 11) is 5.20. The Kier molecular flexibility index (Phi) is 11.9. The number of hydrogen-bond donors (Lipinski definition) is 0. The Morgan fingerprint density at radius 3 is 2.00 bits per heavy atom. The van der Waals surface area contributed by atoms with Crippen molar-refractivity contribution in [3.05, 3.63) is 25.7 Å². The Hall–Kier alpha value is -0.570. The van der Waals surface area contributed by atoms with Crippen LogP contribution in [0.1, 0.15) is 0 Å². The van der Waals surface area contributed by atoms with Crippen LogP contribution in [0.3, 0.4) is 0 Å². The molecule has 14 heavy (non-hydrogen) atoms. The van der Waals surface area contributed by atoms with E-state index in [1.807, 2.05) is 0 Å². The maximum absolute atomic E-state index is 9.87. The molecule has 1 unspecified atom stereocenters. The monoisotopic (exact) mass is 222 g/mol. The molecule has 0 bridgehead atoms. The van der Waals surface area contributed by atoms with Crippen LogP contribution < -0.4 is 0 Å². The van der Waals surface area contributed by atoms with Crippen molar-refractivity contribution < 1.29 is 18.3 Å². The molecule has 0 heterocycles. The lowest BCUT2D eigenvalue weighted by molar-refractivity contribution is -0.870. The van der Waals surface area contributed by atoms with Gasteiger partial charge in [-0.3, -0.25) is 4.57 Å². The van der Waals surface area contributed by atoms with Gasteiger partial charge in [-0.05, 0) is 0 Å². The predicted octanol–water partition coefficient (Wildman–Crippen LogP) is 1.67. The van der Waals surface area contributed by atoms with Gasteiger partial charge in [0.15, 0.2) is 8.69 Å². The van der Waals surface area contributed by atoms with E-state index in [9.17, 15) is 4.57 Å². The summed E-state index contributed by atoms with van der Waals surface area (Å²) in [4.78, 5) is 0. The highest BCUT2D eigenvalue weighted by Crippen LogP contribution is 1.96. The summed E-state index contributed by atoms with van der Waals surface area (Å²) in [5, 5.41) is 0. The fourth-order valence-corrected chi connectivity index (χ4v) is 0.644. The van der Waals surface area contributed by atoms with Crippen LogP contribution in [0.4, 0.5) is 0 Å². The van der Waals surface area contributed by atoms with Crippen molar-refractivity contribution in [3.8, 4) is 0 Å². The van der Waals surface area contributed by atoms with Crippen molar-refractivity contribution in [2.45, 2.75) is 0 Å². The summed E-state index contributed by atoms with van der Waals surface area (Å²) in [6.07, 6.45) is 2.62. The zero-order valence-electron chi connectivity index (χ0n) is 9.23. The third kappa shape index (κ3) is 22.5. The summed E-state index contributed by atoms with van der Waals surface area (Å²) in [5.74, 6) is 0. The molecule has 1 atom stereocenters. The van der Waals surface area contributed by atoms with Gasteiger partial charge in [0.2, 0.25) is 0 Å². The van der Waals surface area contributed by atoms with Gasteiger partial charge in [0, 0.05) is 0 Å². The van der Waals surface area contributed by atoms with Crippen LogP contribution in [-0.4, -0.2) is 38.8 Å². The van der Waals surface area contributed by atoms with Gasteiger partial charge in [-0.2, -0.15) is 0 Å². The molecule has 0 aromatic carbocycles. The van der Waals surface area contributed by atoms with Gasteiger partial charge in [0.1, 0.15) is 13.2 Å². The van der Waals surface area contributed by atoms with Crippen LogP contribution in [0.15, 0.2) is 25.7 Å². The molecule has 84 valence electrons. The molecule has 0 aromatic rings. The fourth-order valence-electron chi connectivity index (χ4n) is 0.443. The van der Waals surface area contributed by atoms with Crippen LogP contribution in [-0.2, 0) is 13.8 Å². The molecule has 0 spiro atoms. The van der Waals surface area contributed by atoms with Crippen molar-refractivity contribution in [2.24, 2.45) is 0 Å². The van der Waals surface area contributed by atoms with Crippen molar-refractivity contribution in [1.29, 1.82) is 0 Å². The predicted molar refractivity (Wildman–Crippen MR) is 60.7 cm³/mol. The Morgan fingerprint density at radius 2 is 1.79 bits per heavy atom. The first kappa shape index (κ1) is 15.9. The maximum atomic E-state index is 9.87. The van der Waals surface area contributed by atoms with E-state index in [4.69, 9.17) is 4.52 Å². The first-order valence-corrected chi connectivity index (χ1v) is 5.15. The van der Waals surface area contributed by atoms with Gasteiger partial charge in [-0.25, -0.2) is 0 Å². The third-order valence-corrected chi connectivity index (χ3v) is 1.51. The van der Waals surface area contributed by atoms with Gasteiger partial charge in [-0.15, -0.1) is 0 Å². The molecule has 0 amide bonds. The number of likely N-dealkylation sites (N-methyl/N-ethyl adjacent to an activating group) is 1. The fraction of sp³-hybridized carbons (Fsp3) is 0.556. The molecule has 0 aliphatic heterocycles. The molecule has 5 heteroatoms. The van der Waals surface area contributed by atoms with Gasteiger partial charge in [-0.1, -0.05) is 13.2 Å². The zero-order valence-corrected chi connectivity index (χ0v) is 10.4. The summed E-state index contributed by atoms with van der Waals surface area (Å²) >= 11 is 0. The molecule has 0 N–H and O–H groups in total. The number of rotatable bonds is 6. The minimum absolute atomic E-state index is 0.600. The first-order chi connectivity index (χ1) is 6.47. The SMILES string of the molecule is C=COC=C.C[N+](C)(C)CCO[PH2]=O. The molecular formula is C9H21NO3P+. The molecule has 0 aromatic heterocycles. The summed E-state index contributed by atoms with van der Waals surface area (Å²) < 4.78 is 19.8. The van der Waals surface area contributed by atoms with Crippen LogP contribution in [0.2, 0.25) is 0 Å². The Labute approximate surface area is 87.7 Å². The minimum atomic E-state index is -1.02. The average molecular weight is 222 g/mol. The number of ether oxygens (including phenoxy) is 1. The lowest BCUT2D eigenvalue weighted by atomic mass is 10.5. The van der Waals surface area contributed by atoms with E-state index >= 15 is 0 Å². The highest BCUT2D eigenvalue weighted by atomic mass is 31.1. The topological polar surface area (TPSA) is 35.5 Å². The van der Waals surface area contributed by atoms with E-state index in [2.05, 4.69) is 39.0 Å². The smallest absolute Gasteiger partial charge is 0.180 e. The number of quaternary nitrogens is 1. The number of hydrogen-bond acceptors (Lipinski definition) is 3. The van der Waals surface area contributed by atoms with Gasteiger partial charge in [0.05, 0.1) is 33.7 Å². The molecular weight excluding hydrogens is 201 g/mol. The second-order valence-electron chi connectivity index (χ2n) is 3.45. The molecule has 0 rings (SSSR count). The molecule has 0 fully saturated rings. The maximum Gasteiger partial charge on any atom is 0.180 e. The zero-order chi connectivity index (χ0) is 11.4. The van der Waals surface area contributed by atoms with E-state index in [0.717, 1.165) is 11.0 Å². The van der Waals surface area contributed by atoms with E-state index in [1.165, 1.54) is 12.5 Å². The van der Waals surface area contributed by atoms with Crippen LogP contribution >= 0.6 is 8.69 Å². The summed E-state index contributed by atoms with van der Waals surface area (Å²) in [5.41, 5.74) is 0. The Balaban J connectivity index is 0. The standard InChI is InChI=1S/C5H15NO2P.C4H6O/c1-6(2,3)4-5-8-9-7;1-3-5-4-2/h4-5,9H2,1-3H3;3-4H,1-2H2/q+1;. The minimum Gasteiger partial charge on any atom is -0.474 e.